The Labute approximate surface area is 120 Å². The fraction of sp³-hybridized carbons (Fsp3) is 0.412. The third-order valence-electron chi connectivity index (χ3n) is 3.40. The lowest BCUT2D eigenvalue weighted by Crippen LogP contribution is -2.30. The summed E-state index contributed by atoms with van der Waals surface area (Å²) in [6.45, 7) is 4.54. The smallest absolute Gasteiger partial charge is 0.0673 e. The summed E-state index contributed by atoms with van der Waals surface area (Å²) in [6.07, 6.45) is 3.80. The number of hydrogen-bond donors (Lipinski definition) is 1. The van der Waals surface area contributed by atoms with Crippen LogP contribution in [0.3, 0.4) is 0 Å². The fourth-order valence-corrected chi connectivity index (χ4v) is 3.13. The Morgan fingerprint density at radius 1 is 1.11 bits per heavy atom. The summed E-state index contributed by atoms with van der Waals surface area (Å²) in [4.78, 5) is 1.40. The van der Waals surface area contributed by atoms with Crippen molar-refractivity contribution in [3.8, 4) is 0 Å². The molecule has 0 amide bonds. The van der Waals surface area contributed by atoms with E-state index in [1.165, 1.54) is 29.7 Å². The van der Waals surface area contributed by atoms with Gasteiger partial charge in [0.15, 0.2) is 0 Å². The molecule has 0 bridgehead atoms. The minimum atomic E-state index is 0.327. The highest BCUT2D eigenvalue weighted by Gasteiger charge is 2.16. The summed E-state index contributed by atoms with van der Waals surface area (Å²) < 4.78 is 0. The van der Waals surface area contributed by atoms with Crippen molar-refractivity contribution in [3.05, 3.63) is 58.3 Å². The first-order valence-corrected chi connectivity index (χ1v) is 8.03. The van der Waals surface area contributed by atoms with Crippen molar-refractivity contribution in [2.24, 2.45) is 0 Å². The normalized spacial score (nSPS) is 14.2. The second kappa shape index (κ2) is 7.46. The standard InChI is InChI=1S/C17H23NS/c1-3-4-9-14(2)18-17(16-12-8-13-19-16)15-10-6-5-7-11-15/h5-8,10-14,17-18H,3-4,9H2,1-2H3. The third-order valence-corrected chi connectivity index (χ3v) is 4.34. The molecular formula is C17H23NS. The van der Waals surface area contributed by atoms with Crippen molar-refractivity contribution in [2.45, 2.75) is 45.2 Å². The van der Waals surface area contributed by atoms with Gasteiger partial charge in [-0.2, -0.15) is 0 Å². The minimum Gasteiger partial charge on any atom is -0.303 e. The Morgan fingerprint density at radius 3 is 2.53 bits per heavy atom. The molecule has 0 saturated carbocycles. The highest BCUT2D eigenvalue weighted by molar-refractivity contribution is 7.10. The number of nitrogens with one attached hydrogen (secondary N) is 1. The molecule has 2 rings (SSSR count). The van der Waals surface area contributed by atoms with Crippen LogP contribution in [-0.2, 0) is 0 Å². The van der Waals surface area contributed by atoms with Gasteiger partial charge in [-0.15, -0.1) is 11.3 Å². The molecule has 1 heterocycles. The number of thiophene rings is 1. The van der Waals surface area contributed by atoms with Crippen molar-refractivity contribution in [1.82, 2.24) is 5.32 Å². The van der Waals surface area contributed by atoms with Crippen molar-refractivity contribution in [2.75, 3.05) is 0 Å². The van der Waals surface area contributed by atoms with Crippen LogP contribution in [0.2, 0.25) is 0 Å². The maximum Gasteiger partial charge on any atom is 0.0673 e. The average molecular weight is 273 g/mol. The van der Waals surface area contributed by atoms with E-state index in [0.29, 0.717) is 12.1 Å². The summed E-state index contributed by atoms with van der Waals surface area (Å²) in [5, 5.41) is 5.94. The summed E-state index contributed by atoms with van der Waals surface area (Å²) in [7, 11) is 0. The molecule has 0 fully saturated rings. The molecule has 1 aromatic heterocycles. The van der Waals surface area contributed by atoms with Crippen molar-refractivity contribution < 1.29 is 0 Å². The maximum atomic E-state index is 3.78. The largest absolute Gasteiger partial charge is 0.303 e. The van der Waals surface area contributed by atoms with Gasteiger partial charge >= 0.3 is 0 Å². The Hall–Kier alpha value is -1.12. The fourth-order valence-electron chi connectivity index (χ4n) is 2.32. The molecule has 0 aliphatic rings. The van der Waals surface area contributed by atoms with Gasteiger partial charge in [-0.05, 0) is 30.4 Å². The number of benzene rings is 1. The number of unbranched alkanes of at least 4 members (excludes halogenated alkanes) is 1. The molecule has 1 aromatic carbocycles. The van der Waals surface area contributed by atoms with E-state index in [1.807, 2.05) is 11.3 Å². The van der Waals surface area contributed by atoms with Crippen molar-refractivity contribution in [1.29, 1.82) is 0 Å². The van der Waals surface area contributed by atoms with Crippen LogP contribution in [0.1, 0.15) is 49.6 Å². The maximum absolute atomic E-state index is 3.78. The highest BCUT2D eigenvalue weighted by atomic mass is 32.1. The van der Waals surface area contributed by atoms with Crippen LogP contribution in [0, 0.1) is 0 Å². The minimum absolute atomic E-state index is 0.327. The number of rotatable bonds is 7. The first kappa shape index (κ1) is 14.3. The predicted octanol–water partition coefficient (Wildman–Crippen LogP) is 5.01. The van der Waals surface area contributed by atoms with Gasteiger partial charge in [0.05, 0.1) is 6.04 Å². The van der Waals surface area contributed by atoms with E-state index in [1.54, 1.807) is 0 Å². The van der Waals surface area contributed by atoms with Crippen molar-refractivity contribution >= 4 is 11.3 Å². The predicted molar refractivity (Wildman–Crippen MR) is 84.7 cm³/mol. The molecule has 1 nitrogen and oxygen atoms in total. The Bertz CT molecular complexity index is 449. The SMILES string of the molecule is CCCCC(C)NC(c1ccccc1)c1cccs1. The topological polar surface area (TPSA) is 12.0 Å². The van der Waals surface area contributed by atoms with Crippen LogP contribution in [0.15, 0.2) is 47.8 Å². The Kier molecular flexibility index (Phi) is 5.62. The van der Waals surface area contributed by atoms with E-state index in [4.69, 9.17) is 0 Å². The van der Waals surface area contributed by atoms with Gasteiger partial charge in [0, 0.05) is 10.9 Å². The van der Waals surface area contributed by atoms with E-state index in [9.17, 15) is 0 Å². The lowest BCUT2D eigenvalue weighted by Gasteiger charge is -2.23. The summed E-state index contributed by atoms with van der Waals surface area (Å²) in [5.41, 5.74) is 1.35. The second-order valence-corrected chi connectivity index (χ2v) is 6.05. The molecule has 2 aromatic rings. The molecule has 2 heteroatoms. The first-order chi connectivity index (χ1) is 9.31. The monoisotopic (exact) mass is 273 g/mol. The first-order valence-electron chi connectivity index (χ1n) is 7.15. The summed E-state index contributed by atoms with van der Waals surface area (Å²) >= 11 is 1.83. The van der Waals surface area contributed by atoms with Gasteiger partial charge in [0.1, 0.15) is 0 Å². The van der Waals surface area contributed by atoms with Gasteiger partial charge in [0.2, 0.25) is 0 Å². The van der Waals surface area contributed by atoms with Crippen LogP contribution in [0.25, 0.3) is 0 Å². The molecule has 102 valence electrons. The van der Waals surface area contributed by atoms with Crippen LogP contribution >= 0.6 is 11.3 Å². The van der Waals surface area contributed by atoms with E-state index < -0.39 is 0 Å². The molecule has 0 aliphatic carbocycles. The van der Waals surface area contributed by atoms with Crippen LogP contribution in [-0.4, -0.2) is 6.04 Å². The molecule has 0 radical (unpaired) electrons. The zero-order chi connectivity index (χ0) is 13.5. The molecule has 19 heavy (non-hydrogen) atoms. The van der Waals surface area contributed by atoms with Crippen LogP contribution in [0.4, 0.5) is 0 Å². The Balaban J connectivity index is 2.12. The average Bonchev–Trinajstić information content (AvgIpc) is 2.97. The zero-order valence-electron chi connectivity index (χ0n) is 11.8. The molecule has 0 saturated heterocycles. The van der Waals surface area contributed by atoms with E-state index in [2.05, 4.69) is 67.0 Å². The number of hydrogen-bond acceptors (Lipinski definition) is 2. The molecular weight excluding hydrogens is 250 g/mol. The van der Waals surface area contributed by atoms with Crippen molar-refractivity contribution in [3.63, 3.8) is 0 Å². The summed E-state index contributed by atoms with van der Waals surface area (Å²) in [5.74, 6) is 0. The lowest BCUT2D eigenvalue weighted by molar-refractivity contribution is 0.462. The van der Waals surface area contributed by atoms with Gasteiger partial charge < -0.3 is 5.32 Å². The zero-order valence-corrected chi connectivity index (χ0v) is 12.6. The molecule has 2 atom stereocenters. The Morgan fingerprint density at radius 2 is 1.89 bits per heavy atom. The molecule has 1 N–H and O–H groups in total. The van der Waals surface area contributed by atoms with Gasteiger partial charge in [-0.1, -0.05) is 56.2 Å². The summed E-state index contributed by atoms with van der Waals surface area (Å²) in [6, 6.07) is 16.0. The molecule has 0 spiro atoms. The lowest BCUT2D eigenvalue weighted by atomic mass is 10.0. The van der Waals surface area contributed by atoms with Crippen LogP contribution < -0.4 is 5.32 Å². The molecule has 0 aliphatic heterocycles. The van der Waals surface area contributed by atoms with E-state index in [0.717, 1.165) is 0 Å². The van der Waals surface area contributed by atoms with Crippen LogP contribution in [0.5, 0.6) is 0 Å². The van der Waals surface area contributed by atoms with Gasteiger partial charge in [-0.25, -0.2) is 0 Å². The third kappa shape index (κ3) is 4.19. The quantitative estimate of drug-likeness (QED) is 0.748. The second-order valence-electron chi connectivity index (χ2n) is 5.07. The van der Waals surface area contributed by atoms with E-state index >= 15 is 0 Å². The molecule has 2 unspecified atom stereocenters. The van der Waals surface area contributed by atoms with E-state index in [-0.39, 0.29) is 0 Å². The highest BCUT2D eigenvalue weighted by Crippen LogP contribution is 2.26. The van der Waals surface area contributed by atoms with Gasteiger partial charge in [-0.3, -0.25) is 0 Å². The van der Waals surface area contributed by atoms with Gasteiger partial charge in [0.25, 0.3) is 0 Å².